The quantitative estimate of drug-likeness (QED) is 0.703. The lowest BCUT2D eigenvalue weighted by molar-refractivity contribution is -0.145. The number of hydrogen-bond donors (Lipinski definition) is 3. The third-order valence-corrected chi connectivity index (χ3v) is 5.91. The van der Waals surface area contributed by atoms with Crippen molar-refractivity contribution in [3.8, 4) is 0 Å². The number of carbonyl (C=O) groups excluding carboxylic acids is 1. The topological polar surface area (TPSA) is 113 Å². The molecule has 1 saturated carbocycles. The van der Waals surface area contributed by atoms with E-state index in [9.17, 15) is 18.0 Å². The van der Waals surface area contributed by atoms with Gasteiger partial charge < -0.3 is 10.4 Å². The maximum atomic E-state index is 12.6. The molecule has 0 spiro atoms. The summed E-state index contributed by atoms with van der Waals surface area (Å²) < 4.78 is 27.6. The van der Waals surface area contributed by atoms with Crippen molar-refractivity contribution < 1.29 is 23.1 Å². The van der Waals surface area contributed by atoms with Crippen molar-refractivity contribution in [1.29, 1.82) is 0 Å². The Hall–Kier alpha value is -2.87. The number of carboxylic acids is 1. The monoisotopic (exact) mass is 388 g/mol. The number of carboxylic acid groups (broad SMARTS) is 1. The van der Waals surface area contributed by atoms with E-state index < -0.39 is 27.8 Å². The summed E-state index contributed by atoms with van der Waals surface area (Å²) in [7, 11) is -3.83. The molecular formula is C19H20N2O5S. The molecule has 1 aliphatic carbocycles. The lowest BCUT2D eigenvalue weighted by Gasteiger charge is -2.32. The number of aliphatic carboxylic acids is 1. The van der Waals surface area contributed by atoms with Crippen molar-refractivity contribution in [2.75, 3.05) is 4.72 Å². The van der Waals surface area contributed by atoms with Gasteiger partial charge in [0.25, 0.3) is 15.9 Å². The third-order valence-electron chi connectivity index (χ3n) is 4.53. The number of carbonyl (C=O) groups is 2. The minimum atomic E-state index is -3.83. The van der Waals surface area contributed by atoms with Crippen molar-refractivity contribution in [3.05, 3.63) is 59.7 Å². The largest absolute Gasteiger partial charge is 0.481 e. The zero-order chi connectivity index (χ0) is 19.6. The highest BCUT2D eigenvalue weighted by Gasteiger charge is 2.35. The Morgan fingerprint density at radius 2 is 1.74 bits per heavy atom. The second-order valence-corrected chi connectivity index (χ2v) is 8.36. The number of amides is 1. The van der Waals surface area contributed by atoms with Crippen LogP contribution in [-0.2, 0) is 14.8 Å². The minimum Gasteiger partial charge on any atom is -0.481 e. The summed E-state index contributed by atoms with van der Waals surface area (Å²) in [5.41, 5.74) is 1.66. The van der Waals surface area contributed by atoms with E-state index in [1.807, 2.05) is 6.92 Å². The molecule has 1 amide bonds. The van der Waals surface area contributed by atoms with E-state index in [-0.39, 0.29) is 16.5 Å². The highest BCUT2D eigenvalue weighted by molar-refractivity contribution is 7.92. The standard InChI is InChI=1S/C19H20N2O5S/c1-12-5-7-15(8-6-12)21-27(25,26)17-4-2-3-13(11-17)18(22)20-16-9-14(10-16)19(23)24/h2-8,11,14,16,21H,9-10H2,1H3,(H,20,22)(H,23,24). The average molecular weight is 388 g/mol. The van der Waals surface area contributed by atoms with Crippen LogP contribution in [-0.4, -0.2) is 31.4 Å². The van der Waals surface area contributed by atoms with Crippen molar-refractivity contribution in [3.63, 3.8) is 0 Å². The Bertz CT molecular complexity index is 964. The number of rotatable bonds is 6. The van der Waals surface area contributed by atoms with Crippen LogP contribution in [0.2, 0.25) is 0 Å². The van der Waals surface area contributed by atoms with Crippen LogP contribution in [0.25, 0.3) is 0 Å². The molecule has 0 bridgehead atoms. The van der Waals surface area contributed by atoms with Crippen LogP contribution in [0.4, 0.5) is 5.69 Å². The fourth-order valence-corrected chi connectivity index (χ4v) is 3.95. The Kier molecular flexibility index (Phi) is 5.18. The SMILES string of the molecule is Cc1ccc(NS(=O)(=O)c2cccc(C(=O)NC3CC(C(=O)O)C3)c2)cc1. The van der Waals surface area contributed by atoms with Crippen LogP contribution >= 0.6 is 0 Å². The Balaban J connectivity index is 1.70. The van der Waals surface area contributed by atoms with Crippen molar-refractivity contribution in [2.45, 2.75) is 30.7 Å². The molecule has 0 saturated heterocycles. The highest BCUT2D eigenvalue weighted by Crippen LogP contribution is 2.27. The summed E-state index contributed by atoms with van der Waals surface area (Å²) in [6.07, 6.45) is 0.766. The Morgan fingerprint density at radius 3 is 2.37 bits per heavy atom. The van der Waals surface area contributed by atoms with Gasteiger partial charge in [-0.2, -0.15) is 0 Å². The molecule has 1 aliphatic rings. The van der Waals surface area contributed by atoms with Gasteiger partial charge in [0.1, 0.15) is 0 Å². The first kappa shape index (κ1) is 18.9. The molecule has 7 nitrogen and oxygen atoms in total. The number of hydrogen-bond acceptors (Lipinski definition) is 4. The lowest BCUT2D eigenvalue weighted by atomic mass is 9.80. The second kappa shape index (κ2) is 7.40. The van der Waals surface area contributed by atoms with E-state index in [1.54, 1.807) is 24.3 Å². The van der Waals surface area contributed by atoms with Crippen molar-refractivity contribution >= 4 is 27.6 Å². The first-order valence-corrected chi connectivity index (χ1v) is 9.96. The fourth-order valence-electron chi connectivity index (χ4n) is 2.85. The van der Waals surface area contributed by atoms with Gasteiger partial charge in [-0.25, -0.2) is 8.42 Å². The maximum absolute atomic E-state index is 12.6. The van der Waals surface area contributed by atoms with Gasteiger partial charge in [-0.05, 0) is 50.1 Å². The number of aryl methyl sites for hydroxylation is 1. The van der Waals surface area contributed by atoms with E-state index >= 15 is 0 Å². The van der Waals surface area contributed by atoms with Gasteiger partial charge in [0, 0.05) is 17.3 Å². The van der Waals surface area contributed by atoms with E-state index in [4.69, 9.17) is 5.11 Å². The minimum absolute atomic E-state index is 0.0206. The molecular weight excluding hydrogens is 368 g/mol. The molecule has 0 radical (unpaired) electrons. The van der Waals surface area contributed by atoms with Crippen LogP contribution in [0.1, 0.15) is 28.8 Å². The van der Waals surface area contributed by atoms with Gasteiger partial charge in [0.2, 0.25) is 0 Å². The number of sulfonamides is 1. The summed E-state index contributed by atoms with van der Waals surface area (Å²) in [5, 5.41) is 11.6. The molecule has 27 heavy (non-hydrogen) atoms. The molecule has 142 valence electrons. The molecule has 0 unspecified atom stereocenters. The molecule has 0 heterocycles. The van der Waals surface area contributed by atoms with Gasteiger partial charge in [-0.15, -0.1) is 0 Å². The molecule has 0 atom stereocenters. The summed E-state index contributed by atoms with van der Waals surface area (Å²) in [6.45, 7) is 1.90. The summed E-state index contributed by atoms with van der Waals surface area (Å²) in [5.74, 6) is -1.72. The normalized spacial score (nSPS) is 19.0. The summed E-state index contributed by atoms with van der Waals surface area (Å²) >= 11 is 0. The molecule has 3 rings (SSSR count). The number of nitrogens with one attached hydrogen (secondary N) is 2. The molecule has 0 aliphatic heterocycles. The van der Waals surface area contributed by atoms with Crippen molar-refractivity contribution in [2.24, 2.45) is 5.92 Å². The highest BCUT2D eigenvalue weighted by atomic mass is 32.2. The summed E-state index contributed by atoms with van der Waals surface area (Å²) in [4.78, 5) is 23.1. The lowest BCUT2D eigenvalue weighted by Crippen LogP contribution is -2.46. The van der Waals surface area contributed by atoms with Gasteiger partial charge in [-0.3, -0.25) is 14.3 Å². The van der Waals surface area contributed by atoms with Crippen LogP contribution in [0.5, 0.6) is 0 Å². The Labute approximate surface area is 157 Å². The van der Waals surface area contributed by atoms with Gasteiger partial charge in [0.05, 0.1) is 10.8 Å². The smallest absolute Gasteiger partial charge is 0.306 e. The molecule has 3 N–H and O–H groups in total. The third kappa shape index (κ3) is 4.46. The zero-order valence-corrected chi connectivity index (χ0v) is 15.5. The number of benzene rings is 2. The van der Waals surface area contributed by atoms with E-state index in [1.165, 1.54) is 24.3 Å². The second-order valence-electron chi connectivity index (χ2n) is 6.68. The van der Waals surface area contributed by atoms with Crippen molar-refractivity contribution in [1.82, 2.24) is 5.32 Å². The maximum Gasteiger partial charge on any atom is 0.306 e. The zero-order valence-electron chi connectivity index (χ0n) is 14.7. The van der Waals surface area contributed by atoms with E-state index in [0.717, 1.165) is 5.56 Å². The van der Waals surface area contributed by atoms with Gasteiger partial charge in [-0.1, -0.05) is 23.8 Å². The van der Waals surface area contributed by atoms with Crippen LogP contribution in [0, 0.1) is 12.8 Å². The van der Waals surface area contributed by atoms with Crippen LogP contribution < -0.4 is 10.0 Å². The van der Waals surface area contributed by atoms with Crippen LogP contribution in [0.15, 0.2) is 53.4 Å². The fraction of sp³-hybridized carbons (Fsp3) is 0.263. The first-order valence-electron chi connectivity index (χ1n) is 8.48. The van der Waals surface area contributed by atoms with E-state index in [0.29, 0.717) is 18.5 Å². The van der Waals surface area contributed by atoms with Gasteiger partial charge >= 0.3 is 5.97 Å². The molecule has 8 heteroatoms. The molecule has 0 aromatic heterocycles. The first-order chi connectivity index (χ1) is 12.7. The predicted octanol–water partition coefficient (Wildman–Crippen LogP) is 2.39. The summed E-state index contributed by atoms with van der Waals surface area (Å²) in [6, 6.07) is 12.5. The van der Waals surface area contributed by atoms with E-state index in [2.05, 4.69) is 10.0 Å². The predicted molar refractivity (Wildman–Crippen MR) is 100 cm³/mol. The van der Waals surface area contributed by atoms with Gasteiger partial charge in [0.15, 0.2) is 0 Å². The molecule has 2 aromatic carbocycles. The Morgan fingerprint density at radius 1 is 1.07 bits per heavy atom. The number of anilines is 1. The molecule has 1 fully saturated rings. The van der Waals surface area contributed by atoms with Crippen LogP contribution in [0.3, 0.4) is 0 Å². The average Bonchev–Trinajstić information content (AvgIpc) is 2.59. The molecule has 2 aromatic rings.